The van der Waals surface area contributed by atoms with Crippen molar-refractivity contribution in [1.29, 1.82) is 0 Å². The molecule has 0 N–H and O–H groups in total. The van der Waals surface area contributed by atoms with E-state index in [-0.39, 0.29) is 5.41 Å². The van der Waals surface area contributed by atoms with Crippen LogP contribution in [0.1, 0.15) is 31.9 Å². The molecular formula is C25H25N2S+. The molecule has 0 saturated heterocycles. The molecule has 0 amide bonds. The fourth-order valence-corrected chi connectivity index (χ4v) is 5.66. The van der Waals surface area contributed by atoms with Gasteiger partial charge >= 0.3 is 0 Å². The highest BCUT2D eigenvalue weighted by atomic mass is 32.1. The highest BCUT2D eigenvalue weighted by Crippen LogP contribution is 2.39. The standard InChI is InChI=1S/C25H25N2S/c1-5-27-20-12-10-17(16-18(20)24-22(27)14-15-28-24)11-13-23-25(2,3)19-8-6-7-9-21(19)26(23)4/h6-16H,5H2,1-4H3/q+1. The molecule has 0 spiro atoms. The largest absolute Gasteiger partial charge is 0.340 e. The van der Waals surface area contributed by atoms with Gasteiger partial charge in [-0.3, -0.25) is 0 Å². The normalized spacial score (nSPS) is 16.0. The molecule has 0 radical (unpaired) electrons. The molecule has 0 bridgehead atoms. The van der Waals surface area contributed by atoms with E-state index in [1.807, 2.05) is 11.3 Å². The first kappa shape index (κ1) is 17.4. The number of allylic oxidation sites excluding steroid dienone is 1. The first-order chi connectivity index (χ1) is 13.5. The van der Waals surface area contributed by atoms with Crippen LogP contribution in [0.15, 0.2) is 60.0 Å². The molecule has 2 nitrogen and oxygen atoms in total. The van der Waals surface area contributed by atoms with Crippen molar-refractivity contribution in [3.05, 3.63) is 71.1 Å². The zero-order valence-electron chi connectivity index (χ0n) is 16.9. The number of hydrogen-bond acceptors (Lipinski definition) is 1. The van der Waals surface area contributed by atoms with Crippen LogP contribution >= 0.6 is 11.3 Å². The van der Waals surface area contributed by atoms with Gasteiger partial charge in [-0.15, -0.1) is 11.3 Å². The van der Waals surface area contributed by atoms with Crippen LogP contribution in [0, 0.1) is 0 Å². The summed E-state index contributed by atoms with van der Waals surface area (Å²) in [6.45, 7) is 7.85. The van der Waals surface area contributed by atoms with Crippen LogP contribution in [0.3, 0.4) is 0 Å². The quantitative estimate of drug-likeness (QED) is 0.351. The molecular weight excluding hydrogens is 360 g/mol. The summed E-state index contributed by atoms with van der Waals surface area (Å²) in [6.07, 6.45) is 4.56. The van der Waals surface area contributed by atoms with Crippen LogP contribution in [0.4, 0.5) is 5.69 Å². The van der Waals surface area contributed by atoms with E-state index >= 15 is 0 Å². The summed E-state index contributed by atoms with van der Waals surface area (Å²) in [5.74, 6) is 0. The zero-order chi connectivity index (χ0) is 19.5. The van der Waals surface area contributed by atoms with Crippen LogP contribution in [0.25, 0.3) is 27.2 Å². The van der Waals surface area contributed by atoms with E-state index in [0.29, 0.717) is 0 Å². The third kappa shape index (κ3) is 2.36. The highest BCUT2D eigenvalue weighted by Gasteiger charge is 2.42. The van der Waals surface area contributed by atoms with E-state index in [4.69, 9.17) is 0 Å². The molecule has 1 aliphatic rings. The first-order valence-corrected chi connectivity index (χ1v) is 10.8. The summed E-state index contributed by atoms with van der Waals surface area (Å²) in [4.78, 5) is 0. The summed E-state index contributed by atoms with van der Waals surface area (Å²) in [5.41, 5.74) is 7.99. The van der Waals surface area contributed by atoms with Crippen LogP contribution in [0.2, 0.25) is 0 Å². The third-order valence-electron chi connectivity index (χ3n) is 6.18. The van der Waals surface area contributed by atoms with E-state index in [2.05, 4.69) is 103 Å². The molecule has 3 heteroatoms. The number of para-hydroxylation sites is 1. The van der Waals surface area contributed by atoms with Gasteiger partial charge in [-0.2, -0.15) is 4.58 Å². The van der Waals surface area contributed by atoms with Gasteiger partial charge in [-0.25, -0.2) is 0 Å². The molecule has 5 rings (SSSR count). The second-order valence-corrected chi connectivity index (χ2v) is 8.99. The molecule has 2 aromatic heterocycles. The van der Waals surface area contributed by atoms with E-state index in [0.717, 1.165) is 6.54 Å². The van der Waals surface area contributed by atoms with Gasteiger partial charge in [0.25, 0.3) is 0 Å². The van der Waals surface area contributed by atoms with Crippen molar-refractivity contribution in [2.24, 2.45) is 0 Å². The maximum absolute atomic E-state index is 2.41. The van der Waals surface area contributed by atoms with Gasteiger partial charge in [0.1, 0.15) is 7.05 Å². The number of benzene rings is 2. The van der Waals surface area contributed by atoms with Crippen LogP contribution < -0.4 is 0 Å². The number of rotatable bonds is 3. The predicted molar refractivity (Wildman–Crippen MR) is 122 cm³/mol. The van der Waals surface area contributed by atoms with Crippen molar-refractivity contribution in [2.45, 2.75) is 32.7 Å². The molecule has 1 aliphatic heterocycles. The van der Waals surface area contributed by atoms with E-state index in [9.17, 15) is 0 Å². The Bertz CT molecular complexity index is 1280. The minimum atomic E-state index is 0.0124. The van der Waals surface area contributed by atoms with Gasteiger partial charge in [0.05, 0.1) is 15.6 Å². The van der Waals surface area contributed by atoms with Gasteiger partial charge in [0.15, 0.2) is 5.71 Å². The van der Waals surface area contributed by atoms with Crippen molar-refractivity contribution >= 4 is 49.9 Å². The van der Waals surface area contributed by atoms with Crippen molar-refractivity contribution in [3.8, 4) is 0 Å². The van der Waals surface area contributed by atoms with Gasteiger partial charge in [-0.1, -0.05) is 24.3 Å². The van der Waals surface area contributed by atoms with Crippen molar-refractivity contribution in [1.82, 2.24) is 4.57 Å². The van der Waals surface area contributed by atoms with Gasteiger partial charge in [0, 0.05) is 35.2 Å². The topological polar surface area (TPSA) is 7.94 Å². The lowest BCUT2D eigenvalue weighted by molar-refractivity contribution is -0.401. The Kier molecular flexibility index (Phi) is 3.85. The van der Waals surface area contributed by atoms with Gasteiger partial charge in [-0.05, 0) is 56.0 Å². The second kappa shape index (κ2) is 6.18. The molecule has 3 heterocycles. The molecule has 28 heavy (non-hydrogen) atoms. The minimum absolute atomic E-state index is 0.0124. The molecule has 140 valence electrons. The van der Waals surface area contributed by atoms with Crippen molar-refractivity contribution in [3.63, 3.8) is 0 Å². The number of thiophene rings is 1. The smallest absolute Gasteiger partial charge is 0.209 e. The van der Waals surface area contributed by atoms with Crippen molar-refractivity contribution in [2.75, 3.05) is 7.05 Å². The molecule has 0 atom stereocenters. The molecule has 0 saturated carbocycles. The Hall–Kier alpha value is -2.65. The average molecular weight is 386 g/mol. The Labute approximate surface area is 170 Å². The summed E-state index contributed by atoms with van der Waals surface area (Å²) < 4.78 is 6.13. The van der Waals surface area contributed by atoms with E-state index in [1.165, 1.54) is 43.6 Å². The molecule has 0 fully saturated rings. The molecule has 4 aromatic rings. The second-order valence-electron chi connectivity index (χ2n) is 8.08. The van der Waals surface area contributed by atoms with Gasteiger partial charge in [0.2, 0.25) is 5.69 Å². The zero-order valence-corrected chi connectivity index (χ0v) is 17.7. The monoisotopic (exact) mass is 385 g/mol. The number of fused-ring (bicyclic) bond motifs is 4. The molecule has 2 aromatic carbocycles. The van der Waals surface area contributed by atoms with E-state index < -0.39 is 0 Å². The number of aromatic nitrogens is 1. The van der Waals surface area contributed by atoms with Crippen LogP contribution in [-0.4, -0.2) is 21.9 Å². The van der Waals surface area contributed by atoms with Crippen LogP contribution in [0.5, 0.6) is 0 Å². The summed E-state index contributed by atoms with van der Waals surface area (Å²) >= 11 is 1.84. The Morgan fingerprint density at radius 2 is 1.86 bits per heavy atom. The Morgan fingerprint density at radius 3 is 2.64 bits per heavy atom. The lowest BCUT2D eigenvalue weighted by atomic mass is 9.81. The lowest BCUT2D eigenvalue weighted by Crippen LogP contribution is -2.26. The Morgan fingerprint density at radius 1 is 1.04 bits per heavy atom. The van der Waals surface area contributed by atoms with E-state index in [1.54, 1.807) is 0 Å². The fourth-order valence-electron chi connectivity index (χ4n) is 4.74. The molecule has 0 aliphatic carbocycles. The lowest BCUT2D eigenvalue weighted by Gasteiger charge is -2.15. The predicted octanol–water partition coefficient (Wildman–Crippen LogP) is 6.60. The third-order valence-corrected chi connectivity index (χ3v) is 7.12. The average Bonchev–Trinajstić information content (AvgIpc) is 3.33. The Balaban J connectivity index is 1.59. The van der Waals surface area contributed by atoms with Gasteiger partial charge < -0.3 is 4.57 Å². The number of aryl methyl sites for hydroxylation is 1. The first-order valence-electron chi connectivity index (χ1n) is 9.90. The fraction of sp³-hybridized carbons (Fsp3) is 0.240. The summed E-state index contributed by atoms with van der Waals surface area (Å²) in [5, 5.41) is 3.56. The maximum atomic E-state index is 2.41. The number of hydrogen-bond donors (Lipinski definition) is 0. The summed E-state index contributed by atoms with van der Waals surface area (Å²) in [7, 11) is 2.17. The maximum Gasteiger partial charge on any atom is 0.209 e. The van der Waals surface area contributed by atoms with Crippen molar-refractivity contribution < 1.29 is 4.58 Å². The molecule has 0 unspecified atom stereocenters. The SMILES string of the molecule is CCn1c2ccc(C=CC3=[N+](C)c4ccccc4C3(C)C)cc2c2sccc21. The minimum Gasteiger partial charge on any atom is -0.340 e. The van der Waals surface area contributed by atoms with Crippen LogP contribution in [-0.2, 0) is 12.0 Å². The highest BCUT2D eigenvalue weighted by molar-refractivity contribution is 7.18. The summed E-state index contributed by atoms with van der Waals surface area (Å²) in [6, 6.07) is 17.8. The number of nitrogens with zero attached hydrogens (tertiary/aromatic N) is 2.